The maximum Gasteiger partial charge on any atom is 0.329 e. The first-order chi connectivity index (χ1) is 19.8. The second kappa shape index (κ2) is 11.5. The zero-order chi connectivity index (χ0) is 30.3. The predicted molar refractivity (Wildman–Crippen MR) is 170 cm³/mol. The molecule has 1 aromatic carbocycles. The van der Waals surface area contributed by atoms with Crippen molar-refractivity contribution in [3.63, 3.8) is 0 Å². The van der Waals surface area contributed by atoms with Gasteiger partial charge in [0, 0.05) is 48.6 Å². The minimum atomic E-state index is -2.05. The summed E-state index contributed by atoms with van der Waals surface area (Å²) < 4.78 is 8.56. The smallest absolute Gasteiger partial charge is 0.329 e. The standard InChI is InChI=1S/C30H38BClN7O2Si/c1-29(2,3)42(5,6)41-18-30(4)17-38(31-19-40)27-22(16-33)13-21(14-23(27)30)24-9-11-34-28(35-24)36-26-15-25(32)37-39(26)12-10-20-7-8-20/h9,11,13-15,19-20H,7-8,10,12,17-18H2,1-6H3,(H,34,35,36)/t30-/m1/s1. The summed E-state index contributed by atoms with van der Waals surface area (Å²) in [4.78, 5) is 22.7. The van der Waals surface area contributed by atoms with E-state index in [2.05, 4.69) is 68.3 Å². The lowest BCUT2D eigenvalue weighted by Crippen LogP contribution is -2.46. The first-order valence-electron chi connectivity index (χ1n) is 14.5. The quantitative estimate of drug-likeness (QED) is 0.201. The fourth-order valence-corrected chi connectivity index (χ4v) is 6.43. The van der Waals surface area contributed by atoms with E-state index in [0.717, 1.165) is 47.7 Å². The molecular weight excluding hydrogens is 565 g/mol. The number of nitriles is 1. The van der Waals surface area contributed by atoms with Gasteiger partial charge in [0.05, 0.1) is 11.3 Å². The highest BCUT2D eigenvalue weighted by Crippen LogP contribution is 2.46. The number of benzene rings is 1. The van der Waals surface area contributed by atoms with Crippen molar-refractivity contribution in [2.75, 3.05) is 23.3 Å². The van der Waals surface area contributed by atoms with Crippen LogP contribution < -0.4 is 10.1 Å². The van der Waals surface area contributed by atoms with Gasteiger partial charge in [0.15, 0.2) is 13.5 Å². The van der Waals surface area contributed by atoms with Crippen molar-refractivity contribution in [3.8, 4) is 17.3 Å². The van der Waals surface area contributed by atoms with Gasteiger partial charge in [-0.1, -0.05) is 52.1 Å². The summed E-state index contributed by atoms with van der Waals surface area (Å²) in [7, 11) is -0.545. The molecule has 0 bridgehead atoms. The van der Waals surface area contributed by atoms with Gasteiger partial charge in [0.2, 0.25) is 5.95 Å². The Morgan fingerprint density at radius 1 is 1.31 bits per heavy atom. The van der Waals surface area contributed by atoms with Crippen molar-refractivity contribution in [2.24, 2.45) is 5.92 Å². The van der Waals surface area contributed by atoms with Crippen LogP contribution in [-0.4, -0.2) is 54.8 Å². The Morgan fingerprint density at radius 3 is 2.74 bits per heavy atom. The summed E-state index contributed by atoms with van der Waals surface area (Å²) in [5, 5.41) is 18.4. The monoisotopic (exact) mass is 602 g/mol. The molecule has 0 spiro atoms. The minimum Gasteiger partial charge on any atom is -0.416 e. The number of hydrogen-bond acceptors (Lipinski definition) is 8. The molecule has 0 unspecified atom stereocenters. The molecule has 42 heavy (non-hydrogen) atoms. The van der Waals surface area contributed by atoms with Crippen LogP contribution >= 0.6 is 11.6 Å². The van der Waals surface area contributed by atoms with Crippen LogP contribution in [0.5, 0.6) is 0 Å². The number of nitrogens with zero attached hydrogens (tertiary/aromatic N) is 6. The van der Waals surface area contributed by atoms with Crippen LogP contribution in [0.3, 0.4) is 0 Å². The Bertz CT molecular complexity index is 1530. The van der Waals surface area contributed by atoms with Crippen LogP contribution in [0.25, 0.3) is 11.3 Å². The summed E-state index contributed by atoms with van der Waals surface area (Å²) >= 11 is 6.24. The third kappa shape index (κ3) is 6.26. The minimum absolute atomic E-state index is 0.0565. The van der Waals surface area contributed by atoms with Gasteiger partial charge in [-0.25, -0.2) is 14.6 Å². The molecule has 3 heterocycles. The molecule has 2 aliphatic rings. The van der Waals surface area contributed by atoms with E-state index in [1.807, 2.05) is 21.6 Å². The van der Waals surface area contributed by atoms with Gasteiger partial charge in [-0.15, -0.1) is 0 Å². The summed E-state index contributed by atoms with van der Waals surface area (Å²) in [5.41, 5.74) is 3.22. The molecule has 2 aromatic heterocycles. The third-order valence-electron chi connectivity index (χ3n) is 8.87. The Hall–Kier alpha value is -3.20. The molecule has 1 atom stereocenters. The Labute approximate surface area is 255 Å². The molecule has 1 radical (unpaired) electrons. The lowest BCUT2D eigenvalue weighted by atomic mass is 9.83. The summed E-state index contributed by atoms with van der Waals surface area (Å²) in [6.45, 7) is 15.1. The molecular formula is C30H38BClN7O2Si. The highest BCUT2D eigenvalue weighted by molar-refractivity contribution is 6.74. The zero-order valence-corrected chi connectivity index (χ0v) is 27.0. The molecule has 219 valence electrons. The van der Waals surface area contributed by atoms with E-state index in [1.165, 1.54) is 20.3 Å². The summed E-state index contributed by atoms with van der Waals surface area (Å²) in [6, 6.07) is 9.87. The molecule has 1 N–H and O–H groups in total. The first-order valence-corrected chi connectivity index (χ1v) is 17.7. The van der Waals surface area contributed by atoms with Crippen molar-refractivity contribution >= 4 is 51.0 Å². The molecule has 1 saturated carbocycles. The molecule has 1 aliphatic carbocycles. The Balaban J connectivity index is 1.48. The second-order valence-corrected chi connectivity index (χ2v) is 18.4. The molecule has 3 aromatic rings. The normalized spacial score (nSPS) is 18.5. The fraction of sp³-hybridized carbons (Fsp3) is 0.500. The Morgan fingerprint density at radius 2 is 2.07 bits per heavy atom. The number of rotatable bonds is 11. The van der Waals surface area contributed by atoms with E-state index in [9.17, 15) is 10.1 Å². The number of aromatic nitrogens is 4. The molecule has 12 heteroatoms. The first kappa shape index (κ1) is 30.3. The number of nitrogens with one attached hydrogen (secondary N) is 1. The average Bonchev–Trinajstić information content (AvgIpc) is 3.64. The van der Waals surface area contributed by atoms with Gasteiger partial charge < -0.3 is 19.3 Å². The van der Waals surface area contributed by atoms with E-state index in [1.54, 1.807) is 12.3 Å². The van der Waals surface area contributed by atoms with Crippen molar-refractivity contribution in [1.82, 2.24) is 19.7 Å². The van der Waals surface area contributed by atoms with Crippen LogP contribution in [0, 0.1) is 17.2 Å². The molecule has 0 saturated heterocycles. The molecule has 5 rings (SSSR count). The molecule has 0 amide bonds. The van der Waals surface area contributed by atoms with Crippen molar-refractivity contribution in [2.45, 2.75) is 77.0 Å². The lowest BCUT2D eigenvalue weighted by Gasteiger charge is -2.39. The summed E-state index contributed by atoms with van der Waals surface area (Å²) in [5.74, 6) is 1.92. The second-order valence-electron chi connectivity index (χ2n) is 13.3. The van der Waals surface area contributed by atoms with Crippen LogP contribution in [0.4, 0.5) is 17.5 Å². The van der Waals surface area contributed by atoms with E-state index < -0.39 is 13.7 Å². The van der Waals surface area contributed by atoms with E-state index >= 15 is 0 Å². The predicted octanol–water partition coefficient (Wildman–Crippen LogP) is 6.32. The van der Waals surface area contributed by atoms with Crippen molar-refractivity contribution in [1.29, 1.82) is 5.26 Å². The number of aryl methyl sites for hydroxylation is 1. The number of fused-ring (bicyclic) bond motifs is 1. The van der Waals surface area contributed by atoms with Gasteiger partial charge in [0.1, 0.15) is 18.1 Å². The lowest BCUT2D eigenvalue weighted by molar-refractivity contribution is 0.219. The SMILES string of the molecule is CC(C)(C)[Si](C)(C)OC[C@@]1(C)CN([B]C=O)c2c(C#N)cc(-c3ccnc(Nc4cc(Cl)nn4CCC4CC4)n3)cc21. The van der Waals surface area contributed by atoms with Crippen LogP contribution in [0.2, 0.25) is 23.3 Å². The third-order valence-corrected chi connectivity index (χ3v) is 13.5. The molecule has 9 nitrogen and oxygen atoms in total. The number of halogens is 1. The maximum absolute atomic E-state index is 11.6. The fourth-order valence-electron chi connectivity index (χ4n) is 5.12. The number of carbonyl (C=O) groups excluding carboxylic acids is 1. The topological polar surface area (TPSA) is 109 Å². The van der Waals surface area contributed by atoms with Gasteiger partial charge in [-0.2, -0.15) is 10.4 Å². The largest absolute Gasteiger partial charge is 0.416 e. The zero-order valence-electron chi connectivity index (χ0n) is 25.2. The molecule has 1 fully saturated rings. The van der Waals surface area contributed by atoms with Crippen molar-refractivity contribution < 1.29 is 9.22 Å². The van der Waals surface area contributed by atoms with E-state index in [-0.39, 0.29) is 5.04 Å². The van der Waals surface area contributed by atoms with Gasteiger partial charge in [-0.05, 0) is 54.2 Å². The van der Waals surface area contributed by atoms with Crippen LogP contribution in [-0.2, 0) is 21.2 Å². The molecule has 1 aliphatic heterocycles. The van der Waals surface area contributed by atoms with Crippen LogP contribution in [0.1, 0.15) is 58.1 Å². The number of hydrogen-bond donors (Lipinski definition) is 1. The summed E-state index contributed by atoms with van der Waals surface area (Å²) in [6.07, 6.45) is 6.09. The average molecular weight is 603 g/mol. The van der Waals surface area contributed by atoms with E-state index in [4.69, 9.17) is 21.0 Å². The highest BCUT2D eigenvalue weighted by atomic mass is 35.5. The van der Waals surface area contributed by atoms with Gasteiger partial charge in [0.25, 0.3) is 0 Å². The maximum atomic E-state index is 11.6. The number of carbonyl (C=O) groups is 1. The van der Waals surface area contributed by atoms with Crippen LogP contribution in [0.15, 0.2) is 30.5 Å². The van der Waals surface area contributed by atoms with E-state index in [0.29, 0.717) is 35.5 Å². The Kier molecular flexibility index (Phi) is 8.27. The number of anilines is 3. The van der Waals surface area contributed by atoms with Gasteiger partial charge >= 0.3 is 7.41 Å². The van der Waals surface area contributed by atoms with Crippen molar-refractivity contribution in [3.05, 3.63) is 46.7 Å². The van der Waals surface area contributed by atoms with Gasteiger partial charge in [-0.3, -0.25) is 0 Å². The highest BCUT2D eigenvalue weighted by Gasteiger charge is 2.44.